The van der Waals surface area contributed by atoms with Gasteiger partial charge in [0, 0.05) is 12.8 Å². The van der Waals surface area contributed by atoms with Crippen LogP contribution in [0.4, 0.5) is 0 Å². The third-order valence-electron chi connectivity index (χ3n) is 1.70. The molecular formula is C9H13NO6. The fourth-order valence-electron chi connectivity index (χ4n) is 1.000. The van der Waals surface area contributed by atoms with Crippen LogP contribution in [0.15, 0.2) is 0 Å². The van der Waals surface area contributed by atoms with Gasteiger partial charge in [-0.3, -0.25) is 14.4 Å². The van der Waals surface area contributed by atoms with Crippen LogP contribution in [-0.2, 0) is 19.2 Å². The van der Waals surface area contributed by atoms with E-state index in [2.05, 4.69) is 0 Å². The lowest BCUT2D eigenvalue weighted by Crippen LogP contribution is -2.39. The molecule has 0 aliphatic carbocycles. The molecule has 90 valence electrons. The second-order valence-corrected chi connectivity index (χ2v) is 3.24. The number of nitrogens with zero attached hydrogens (tertiary/aromatic N) is 1. The third-order valence-corrected chi connectivity index (χ3v) is 1.70. The fourth-order valence-corrected chi connectivity index (χ4v) is 1.000. The Hall–Kier alpha value is -1.92. The van der Waals surface area contributed by atoms with Gasteiger partial charge in [0.25, 0.3) is 0 Å². The zero-order valence-corrected chi connectivity index (χ0v) is 8.80. The molecule has 16 heavy (non-hydrogen) atoms. The summed E-state index contributed by atoms with van der Waals surface area (Å²) in [5.74, 6) is -3.45. The zero-order chi connectivity index (χ0) is 12.7. The summed E-state index contributed by atoms with van der Waals surface area (Å²) in [6, 6.07) is 0. The molecule has 7 nitrogen and oxygen atoms in total. The molecule has 0 aliphatic heterocycles. The molecule has 0 atom stereocenters. The first-order valence-corrected chi connectivity index (χ1v) is 4.53. The Bertz CT molecular complexity index is 295. The van der Waals surface area contributed by atoms with Crippen molar-refractivity contribution >= 4 is 23.6 Å². The minimum atomic E-state index is -1.29. The lowest BCUT2D eigenvalue weighted by Gasteiger charge is -2.17. The Kier molecular flexibility index (Phi) is 5.76. The van der Waals surface area contributed by atoms with E-state index >= 15 is 0 Å². The van der Waals surface area contributed by atoms with Crippen LogP contribution in [0.1, 0.15) is 19.8 Å². The Morgan fingerprint density at radius 2 is 1.38 bits per heavy atom. The molecule has 0 saturated heterocycles. The normalized spacial score (nSPS) is 9.56. The van der Waals surface area contributed by atoms with E-state index < -0.39 is 30.9 Å². The van der Waals surface area contributed by atoms with Crippen LogP contribution in [0, 0.1) is 0 Å². The number of Topliss-reactive ketones (excluding diaryl/α,β-unsaturated/α-hetero) is 1. The Balaban J connectivity index is 4.36. The minimum absolute atomic E-state index is 0.0193. The van der Waals surface area contributed by atoms with Gasteiger partial charge >= 0.3 is 11.9 Å². The molecule has 0 unspecified atom stereocenters. The lowest BCUT2D eigenvalue weighted by molar-refractivity contribution is -0.149. The van der Waals surface area contributed by atoms with Crippen molar-refractivity contribution in [2.45, 2.75) is 19.8 Å². The van der Waals surface area contributed by atoms with E-state index in [0.717, 1.165) is 0 Å². The van der Waals surface area contributed by atoms with Gasteiger partial charge in [-0.25, -0.2) is 0 Å². The molecule has 0 bridgehead atoms. The zero-order valence-electron chi connectivity index (χ0n) is 8.80. The van der Waals surface area contributed by atoms with Crippen LogP contribution >= 0.6 is 0 Å². The summed E-state index contributed by atoms with van der Waals surface area (Å²) < 4.78 is 0. The predicted molar refractivity (Wildman–Crippen MR) is 51.8 cm³/mol. The molecular weight excluding hydrogens is 218 g/mol. The SMILES string of the molecule is CC(=O)CCC(=O)N(CC(=O)O)CC(=O)O. The molecule has 0 saturated carbocycles. The average molecular weight is 231 g/mol. The largest absolute Gasteiger partial charge is 0.480 e. The second kappa shape index (κ2) is 6.54. The summed E-state index contributed by atoms with van der Waals surface area (Å²) in [6.07, 6.45) is -0.190. The van der Waals surface area contributed by atoms with Gasteiger partial charge in [0.15, 0.2) is 0 Å². The summed E-state index contributed by atoms with van der Waals surface area (Å²) in [7, 11) is 0. The number of amides is 1. The van der Waals surface area contributed by atoms with Gasteiger partial charge in [-0.15, -0.1) is 0 Å². The number of hydrogen-bond acceptors (Lipinski definition) is 4. The van der Waals surface area contributed by atoms with Crippen LogP contribution in [0.25, 0.3) is 0 Å². The summed E-state index contributed by atoms with van der Waals surface area (Å²) in [5, 5.41) is 16.9. The highest BCUT2D eigenvalue weighted by Crippen LogP contribution is 1.99. The van der Waals surface area contributed by atoms with Gasteiger partial charge in [0.2, 0.25) is 5.91 Å². The van der Waals surface area contributed by atoms with E-state index in [9.17, 15) is 19.2 Å². The summed E-state index contributed by atoms with van der Waals surface area (Å²) >= 11 is 0. The van der Waals surface area contributed by atoms with Gasteiger partial charge in [0.1, 0.15) is 18.9 Å². The van der Waals surface area contributed by atoms with Crippen LogP contribution in [0.5, 0.6) is 0 Å². The van der Waals surface area contributed by atoms with E-state index in [1.54, 1.807) is 0 Å². The van der Waals surface area contributed by atoms with Crippen LogP contribution < -0.4 is 0 Å². The van der Waals surface area contributed by atoms with Gasteiger partial charge in [-0.05, 0) is 6.92 Å². The van der Waals surface area contributed by atoms with Crippen molar-refractivity contribution in [2.75, 3.05) is 13.1 Å². The second-order valence-electron chi connectivity index (χ2n) is 3.24. The highest BCUT2D eigenvalue weighted by atomic mass is 16.4. The van der Waals surface area contributed by atoms with E-state index in [0.29, 0.717) is 4.90 Å². The number of hydrogen-bond donors (Lipinski definition) is 2. The van der Waals surface area contributed by atoms with Crippen molar-refractivity contribution in [1.82, 2.24) is 4.90 Å². The van der Waals surface area contributed by atoms with Crippen molar-refractivity contribution in [3.05, 3.63) is 0 Å². The highest BCUT2D eigenvalue weighted by Gasteiger charge is 2.19. The summed E-state index contributed by atoms with van der Waals surface area (Å²) in [5.41, 5.74) is 0. The number of rotatable bonds is 7. The van der Waals surface area contributed by atoms with Crippen molar-refractivity contribution in [3.8, 4) is 0 Å². The maximum atomic E-state index is 11.4. The highest BCUT2D eigenvalue weighted by molar-refractivity contribution is 5.87. The topological polar surface area (TPSA) is 112 Å². The molecule has 0 aliphatic rings. The van der Waals surface area contributed by atoms with Gasteiger partial charge in [-0.2, -0.15) is 0 Å². The first-order valence-electron chi connectivity index (χ1n) is 4.53. The quantitative estimate of drug-likeness (QED) is 0.602. The van der Waals surface area contributed by atoms with Crippen molar-refractivity contribution < 1.29 is 29.4 Å². The monoisotopic (exact) mass is 231 g/mol. The predicted octanol–water partition coefficient (Wildman–Crippen LogP) is -0.647. The van der Waals surface area contributed by atoms with Crippen molar-refractivity contribution in [1.29, 1.82) is 0 Å². The van der Waals surface area contributed by atoms with E-state index in [-0.39, 0.29) is 18.6 Å². The first-order chi connectivity index (χ1) is 7.32. The number of carboxylic acids is 2. The molecule has 0 spiro atoms. The number of carbonyl (C=O) groups excluding carboxylic acids is 2. The van der Waals surface area contributed by atoms with E-state index in [1.807, 2.05) is 0 Å². The standard InChI is InChI=1S/C9H13NO6/c1-6(11)2-3-7(12)10(4-8(13)14)5-9(15)16/h2-5H2,1H3,(H,13,14)(H,15,16). The van der Waals surface area contributed by atoms with Crippen molar-refractivity contribution in [3.63, 3.8) is 0 Å². The van der Waals surface area contributed by atoms with Crippen LogP contribution in [0.3, 0.4) is 0 Å². The number of carboxylic acid groups (broad SMARTS) is 2. The van der Waals surface area contributed by atoms with Gasteiger partial charge in [-0.1, -0.05) is 0 Å². The molecule has 2 N–H and O–H groups in total. The third kappa shape index (κ3) is 6.52. The van der Waals surface area contributed by atoms with Crippen LogP contribution in [0.2, 0.25) is 0 Å². The number of carbonyl (C=O) groups is 4. The molecule has 0 fully saturated rings. The molecule has 0 aromatic heterocycles. The number of ketones is 1. The van der Waals surface area contributed by atoms with Gasteiger partial charge < -0.3 is 19.9 Å². The number of aliphatic carboxylic acids is 2. The molecule has 7 heteroatoms. The van der Waals surface area contributed by atoms with E-state index in [1.165, 1.54) is 6.92 Å². The molecule has 0 aromatic carbocycles. The van der Waals surface area contributed by atoms with E-state index in [4.69, 9.17) is 10.2 Å². The molecule has 1 amide bonds. The Labute approximate surface area is 91.7 Å². The average Bonchev–Trinajstić information content (AvgIpc) is 2.11. The molecule has 0 rings (SSSR count). The first kappa shape index (κ1) is 14.1. The summed E-state index contributed by atoms with van der Waals surface area (Å²) in [4.78, 5) is 43.4. The van der Waals surface area contributed by atoms with Crippen molar-refractivity contribution in [2.24, 2.45) is 0 Å². The van der Waals surface area contributed by atoms with Crippen LogP contribution in [-0.4, -0.2) is 51.8 Å². The minimum Gasteiger partial charge on any atom is -0.480 e. The molecule has 0 radical (unpaired) electrons. The summed E-state index contributed by atoms with van der Waals surface area (Å²) in [6.45, 7) is -0.0575. The smallest absolute Gasteiger partial charge is 0.323 e. The maximum absolute atomic E-state index is 11.4. The van der Waals surface area contributed by atoms with Gasteiger partial charge in [0.05, 0.1) is 0 Å². The Morgan fingerprint density at radius 1 is 0.938 bits per heavy atom. The molecule has 0 heterocycles. The Morgan fingerprint density at radius 3 is 1.69 bits per heavy atom. The molecule has 0 aromatic rings. The lowest BCUT2D eigenvalue weighted by atomic mass is 10.2. The maximum Gasteiger partial charge on any atom is 0.323 e. The fraction of sp³-hybridized carbons (Fsp3) is 0.556.